The number of nitrogens with zero attached hydrogens (tertiary/aromatic N) is 2. The molecule has 0 bridgehead atoms. The van der Waals surface area contributed by atoms with Crippen molar-refractivity contribution < 1.29 is 9.90 Å². The predicted octanol–water partition coefficient (Wildman–Crippen LogP) is 3.69. The Morgan fingerprint density at radius 3 is 3.00 bits per heavy atom. The van der Waals surface area contributed by atoms with Crippen LogP contribution >= 0.6 is 15.9 Å². The summed E-state index contributed by atoms with van der Waals surface area (Å²) >= 11 is 3.45. The molecule has 20 heavy (non-hydrogen) atoms. The van der Waals surface area contributed by atoms with Gasteiger partial charge in [0, 0.05) is 29.4 Å². The van der Waals surface area contributed by atoms with Crippen molar-refractivity contribution in [2.24, 2.45) is 0 Å². The van der Waals surface area contributed by atoms with E-state index in [0.717, 1.165) is 40.5 Å². The molecule has 1 heterocycles. The molecular formula is C15H15BrN2O2. The molecular weight excluding hydrogens is 320 g/mol. The van der Waals surface area contributed by atoms with Gasteiger partial charge in [0.15, 0.2) is 0 Å². The molecule has 4 nitrogen and oxygen atoms in total. The number of hydrogen-bond donors (Lipinski definition) is 1. The SMILES string of the molecule is CCCc1nccn1-c1cc(Br)ccc1C=CC(=O)O. The molecule has 0 amide bonds. The first-order valence-electron chi connectivity index (χ1n) is 6.35. The highest BCUT2D eigenvalue weighted by molar-refractivity contribution is 9.10. The van der Waals surface area contributed by atoms with E-state index in [1.807, 2.05) is 29.0 Å². The lowest BCUT2D eigenvalue weighted by molar-refractivity contribution is -0.131. The molecule has 1 aromatic carbocycles. The van der Waals surface area contributed by atoms with Crippen molar-refractivity contribution in [3.8, 4) is 5.69 Å². The zero-order chi connectivity index (χ0) is 14.5. The maximum absolute atomic E-state index is 10.7. The Kier molecular flexibility index (Phi) is 4.74. The number of imidazole rings is 1. The van der Waals surface area contributed by atoms with E-state index in [1.54, 1.807) is 12.3 Å². The molecule has 0 atom stereocenters. The van der Waals surface area contributed by atoms with Crippen molar-refractivity contribution in [2.75, 3.05) is 0 Å². The van der Waals surface area contributed by atoms with E-state index in [-0.39, 0.29) is 0 Å². The van der Waals surface area contributed by atoms with Crippen LogP contribution in [0.4, 0.5) is 0 Å². The average molecular weight is 335 g/mol. The number of rotatable bonds is 5. The van der Waals surface area contributed by atoms with Crippen molar-refractivity contribution >= 4 is 28.0 Å². The number of benzene rings is 1. The lowest BCUT2D eigenvalue weighted by Crippen LogP contribution is -2.02. The average Bonchev–Trinajstić information content (AvgIpc) is 2.85. The number of hydrogen-bond acceptors (Lipinski definition) is 2. The van der Waals surface area contributed by atoms with Crippen molar-refractivity contribution in [2.45, 2.75) is 19.8 Å². The van der Waals surface area contributed by atoms with Gasteiger partial charge in [-0.1, -0.05) is 28.9 Å². The highest BCUT2D eigenvalue weighted by Gasteiger charge is 2.08. The largest absolute Gasteiger partial charge is 0.478 e. The summed E-state index contributed by atoms with van der Waals surface area (Å²) in [6.45, 7) is 2.10. The van der Waals surface area contributed by atoms with Crippen LogP contribution in [0.25, 0.3) is 11.8 Å². The Balaban J connectivity index is 2.51. The maximum Gasteiger partial charge on any atom is 0.328 e. The van der Waals surface area contributed by atoms with Gasteiger partial charge in [0.05, 0.1) is 5.69 Å². The van der Waals surface area contributed by atoms with Gasteiger partial charge in [0.25, 0.3) is 0 Å². The molecule has 104 valence electrons. The lowest BCUT2D eigenvalue weighted by atomic mass is 10.1. The van der Waals surface area contributed by atoms with Crippen molar-refractivity contribution in [3.05, 3.63) is 52.5 Å². The van der Waals surface area contributed by atoms with Gasteiger partial charge in [-0.05, 0) is 30.2 Å². The van der Waals surface area contributed by atoms with Gasteiger partial charge in [0.1, 0.15) is 5.82 Å². The molecule has 0 aliphatic rings. The normalized spacial score (nSPS) is 11.1. The summed E-state index contributed by atoms with van der Waals surface area (Å²) in [6, 6.07) is 5.73. The third kappa shape index (κ3) is 3.36. The Labute approximate surface area is 125 Å². The summed E-state index contributed by atoms with van der Waals surface area (Å²) in [7, 11) is 0. The minimum atomic E-state index is -0.960. The summed E-state index contributed by atoms with van der Waals surface area (Å²) in [5, 5.41) is 8.77. The second kappa shape index (κ2) is 6.52. The fraction of sp³-hybridized carbons (Fsp3) is 0.200. The number of carbonyl (C=O) groups is 1. The van der Waals surface area contributed by atoms with Gasteiger partial charge in [-0.3, -0.25) is 0 Å². The van der Waals surface area contributed by atoms with E-state index in [0.29, 0.717) is 0 Å². The van der Waals surface area contributed by atoms with Gasteiger partial charge < -0.3 is 9.67 Å². The predicted molar refractivity (Wildman–Crippen MR) is 81.9 cm³/mol. The summed E-state index contributed by atoms with van der Waals surface area (Å²) < 4.78 is 2.94. The molecule has 0 saturated carbocycles. The second-order valence-electron chi connectivity index (χ2n) is 4.34. The number of carboxylic acid groups (broad SMARTS) is 1. The fourth-order valence-corrected chi connectivity index (χ4v) is 2.34. The summed E-state index contributed by atoms with van der Waals surface area (Å²) in [5.74, 6) is 0.00820. The van der Waals surface area contributed by atoms with E-state index in [4.69, 9.17) is 5.11 Å². The molecule has 0 aliphatic heterocycles. The Morgan fingerprint density at radius 1 is 1.50 bits per heavy atom. The number of aryl methyl sites for hydroxylation is 1. The van der Waals surface area contributed by atoms with Crippen LogP contribution in [-0.4, -0.2) is 20.6 Å². The molecule has 0 unspecified atom stereocenters. The van der Waals surface area contributed by atoms with Crippen LogP contribution in [0.3, 0.4) is 0 Å². The van der Waals surface area contributed by atoms with Crippen LogP contribution < -0.4 is 0 Å². The van der Waals surface area contributed by atoms with Crippen LogP contribution in [0, 0.1) is 0 Å². The third-order valence-corrected chi connectivity index (χ3v) is 3.34. The second-order valence-corrected chi connectivity index (χ2v) is 5.25. The molecule has 1 aromatic heterocycles. The van der Waals surface area contributed by atoms with Crippen LogP contribution in [0.1, 0.15) is 24.7 Å². The fourth-order valence-electron chi connectivity index (χ4n) is 1.99. The monoisotopic (exact) mass is 334 g/mol. The van der Waals surface area contributed by atoms with E-state index in [1.165, 1.54) is 0 Å². The van der Waals surface area contributed by atoms with Crippen molar-refractivity contribution in [3.63, 3.8) is 0 Å². The number of aliphatic carboxylic acids is 1. The molecule has 0 saturated heterocycles. The highest BCUT2D eigenvalue weighted by atomic mass is 79.9. The van der Waals surface area contributed by atoms with Crippen LogP contribution in [0.15, 0.2) is 41.1 Å². The first-order valence-corrected chi connectivity index (χ1v) is 7.14. The van der Waals surface area contributed by atoms with E-state index >= 15 is 0 Å². The van der Waals surface area contributed by atoms with E-state index in [9.17, 15) is 4.79 Å². The molecule has 2 aromatic rings. The van der Waals surface area contributed by atoms with Gasteiger partial charge in [-0.2, -0.15) is 0 Å². The highest BCUT2D eigenvalue weighted by Crippen LogP contribution is 2.23. The Morgan fingerprint density at radius 2 is 2.30 bits per heavy atom. The van der Waals surface area contributed by atoms with Crippen LogP contribution in [0.2, 0.25) is 0 Å². The molecule has 2 rings (SSSR count). The molecule has 0 radical (unpaired) electrons. The Hall–Kier alpha value is -1.88. The Bertz CT molecular complexity index is 647. The van der Waals surface area contributed by atoms with Gasteiger partial charge >= 0.3 is 5.97 Å². The number of carboxylic acids is 1. The first-order chi connectivity index (χ1) is 9.61. The molecule has 0 spiro atoms. The molecule has 1 N–H and O–H groups in total. The summed E-state index contributed by atoms with van der Waals surface area (Å²) in [5.41, 5.74) is 1.75. The topological polar surface area (TPSA) is 55.1 Å². The van der Waals surface area contributed by atoms with Crippen LogP contribution in [-0.2, 0) is 11.2 Å². The number of aromatic nitrogens is 2. The van der Waals surface area contributed by atoms with Crippen LogP contribution in [0.5, 0.6) is 0 Å². The first kappa shape index (κ1) is 14.5. The third-order valence-electron chi connectivity index (χ3n) is 2.85. The lowest BCUT2D eigenvalue weighted by Gasteiger charge is -2.11. The van der Waals surface area contributed by atoms with Crippen molar-refractivity contribution in [1.82, 2.24) is 9.55 Å². The van der Waals surface area contributed by atoms with E-state index < -0.39 is 5.97 Å². The van der Waals surface area contributed by atoms with Gasteiger partial charge in [-0.25, -0.2) is 9.78 Å². The zero-order valence-electron chi connectivity index (χ0n) is 11.1. The van der Waals surface area contributed by atoms with E-state index in [2.05, 4.69) is 27.8 Å². The summed E-state index contributed by atoms with van der Waals surface area (Å²) in [6.07, 6.45) is 8.28. The molecule has 0 aliphatic carbocycles. The number of halogens is 1. The quantitative estimate of drug-likeness (QED) is 0.848. The zero-order valence-corrected chi connectivity index (χ0v) is 12.7. The van der Waals surface area contributed by atoms with Gasteiger partial charge in [-0.15, -0.1) is 0 Å². The van der Waals surface area contributed by atoms with Crippen molar-refractivity contribution in [1.29, 1.82) is 0 Å². The summed E-state index contributed by atoms with van der Waals surface area (Å²) in [4.78, 5) is 15.0. The minimum Gasteiger partial charge on any atom is -0.478 e. The molecule has 5 heteroatoms. The molecule has 0 fully saturated rings. The maximum atomic E-state index is 10.7. The van der Waals surface area contributed by atoms with Gasteiger partial charge in [0.2, 0.25) is 0 Å². The smallest absolute Gasteiger partial charge is 0.328 e. The minimum absolute atomic E-state index is 0.839. The standard InChI is InChI=1S/C15H15BrN2O2/c1-2-3-14-17-8-9-18(14)13-10-12(16)6-4-11(13)5-7-15(19)20/h4-10H,2-3H2,1H3,(H,19,20).